The van der Waals surface area contributed by atoms with E-state index in [-0.39, 0.29) is 10.6 Å². The fraction of sp³-hybridized carbons (Fsp3) is 0.500. The molecule has 0 amide bonds. The minimum absolute atomic E-state index is 0.147. The molecule has 1 aromatic carbocycles. The lowest BCUT2D eigenvalue weighted by Gasteiger charge is -2.21. The normalized spacial score (nSPS) is 14.4. The third-order valence-corrected chi connectivity index (χ3v) is 3.55. The molecule has 0 heterocycles. The monoisotopic (exact) mass is 283 g/mol. The van der Waals surface area contributed by atoms with E-state index in [1.54, 1.807) is 18.2 Å². The van der Waals surface area contributed by atoms with Crippen LogP contribution in [0.3, 0.4) is 0 Å². The number of anilines is 1. The highest BCUT2D eigenvalue weighted by atomic mass is 35.5. The first-order valence-corrected chi connectivity index (χ1v) is 6.78. The molecule has 0 bridgehead atoms. The molecular formula is C14H18ClNO3. The van der Waals surface area contributed by atoms with Crippen molar-refractivity contribution >= 4 is 23.3 Å². The maximum absolute atomic E-state index is 11.2. The highest BCUT2D eigenvalue weighted by Crippen LogP contribution is 2.29. The van der Waals surface area contributed by atoms with Gasteiger partial charge in [-0.3, -0.25) is 0 Å². The van der Waals surface area contributed by atoms with Crippen LogP contribution in [0.2, 0.25) is 5.02 Å². The Balaban J connectivity index is 1.95. The SMILES string of the molecule is CN(CCOCC1CC1)c1cccc(Cl)c1C(=O)O. The summed E-state index contributed by atoms with van der Waals surface area (Å²) in [6, 6.07) is 5.10. The summed E-state index contributed by atoms with van der Waals surface area (Å²) in [6.07, 6.45) is 2.54. The molecule has 0 radical (unpaired) electrons. The number of halogens is 1. The third kappa shape index (κ3) is 3.85. The van der Waals surface area contributed by atoms with Gasteiger partial charge < -0.3 is 14.7 Å². The van der Waals surface area contributed by atoms with Gasteiger partial charge in [-0.15, -0.1) is 0 Å². The lowest BCUT2D eigenvalue weighted by atomic mass is 10.1. The molecule has 2 rings (SSSR count). The molecule has 4 nitrogen and oxygen atoms in total. The predicted octanol–water partition coefficient (Wildman–Crippen LogP) is 2.90. The van der Waals surface area contributed by atoms with Crippen molar-refractivity contribution in [2.45, 2.75) is 12.8 Å². The maximum Gasteiger partial charge on any atom is 0.339 e. The molecule has 0 aliphatic heterocycles. The highest BCUT2D eigenvalue weighted by molar-refractivity contribution is 6.34. The van der Waals surface area contributed by atoms with Gasteiger partial charge in [0.25, 0.3) is 0 Å². The van der Waals surface area contributed by atoms with Gasteiger partial charge in [-0.25, -0.2) is 4.79 Å². The van der Waals surface area contributed by atoms with Crippen molar-refractivity contribution in [3.63, 3.8) is 0 Å². The number of likely N-dealkylation sites (N-methyl/N-ethyl adjacent to an activating group) is 1. The predicted molar refractivity (Wildman–Crippen MR) is 75.2 cm³/mol. The lowest BCUT2D eigenvalue weighted by molar-refractivity contribution is 0.0697. The van der Waals surface area contributed by atoms with Gasteiger partial charge in [-0.1, -0.05) is 17.7 Å². The first kappa shape index (κ1) is 14.2. The minimum Gasteiger partial charge on any atom is -0.478 e. The van der Waals surface area contributed by atoms with E-state index in [1.807, 2.05) is 11.9 Å². The van der Waals surface area contributed by atoms with Gasteiger partial charge in [0.1, 0.15) is 5.56 Å². The largest absolute Gasteiger partial charge is 0.478 e. The van der Waals surface area contributed by atoms with Gasteiger partial charge in [0, 0.05) is 20.2 Å². The number of benzene rings is 1. The van der Waals surface area contributed by atoms with Gasteiger partial charge in [0.2, 0.25) is 0 Å². The highest BCUT2D eigenvalue weighted by Gasteiger charge is 2.21. The minimum atomic E-state index is -1.01. The Kier molecular flexibility index (Phi) is 4.66. The standard InChI is InChI=1S/C14H18ClNO3/c1-16(7-8-19-9-10-5-6-10)12-4-2-3-11(15)13(12)14(17)18/h2-4,10H,5-9H2,1H3,(H,17,18). The first-order valence-electron chi connectivity index (χ1n) is 6.40. The Bertz CT molecular complexity index is 460. The molecule has 1 aromatic rings. The molecule has 0 atom stereocenters. The van der Waals surface area contributed by atoms with Gasteiger partial charge >= 0.3 is 5.97 Å². The van der Waals surface area contributed by atoms with E-state index < -0.39 is 5.97 Å². The van der Waals surface area contributed by atoms with E-state index in [2.05, 4.69) is 0 Å². The van der Waals surface area contributed by atoms with E-state index in [0.717, 1.165) is 12.5 Å². The van der Waals surface area contributed by atoms with Crippen molar-refractivity contribution in [3.05, 3.63) is 28.8 Å². The Morgan fingerprint density at radius 2 is 2.26 bits per heavy atom. The number of aromatic carboxylic acids is 1. The van der Waals surface area contributed by atoms with Crippen LogP contribution in [-0.2, 0) is 4.74 Å². The van der Waals surface area contributed by atoms with Crippen molar-refractivity contribution in [2.75, 3.05) is 31.7 Å². The van der Waals surface area contributed by atoms with Crippen molar-refractivity contribution < 1.29 is 14.6 Å². The zero-order valence-corrected chi connectivity index (χ0v) is 11.7. The van der Waals surface area contributed by atoms with Crippen LogP contribution >= 0.6 is 11.6 Å². The fourth-order valence-electron chi connectivity index (χ4n) is 1.90. The summed E-state index contributed by atoms with van der Waals surface area (Å²) in [5.41, 5.74) is 0.767. The Labute approximate surface area is 117 Å². The summed E-state index contributed by atoms with van der Waals surface area (Å²) in [6.45, 7) is 2.06. The number of rotatable bonds is 7. The van der Waals surface area contributed by atoms with Crippen LogP contribution in [-0.4, -0.2) is 37.9 Å². The van der Waals surface area contributed by atoms with E-state index in [9.17, 15) is 9.90 Å². The fourth-order valence-corrected chi connectivity index (χ4v) is 2.15. The van der Waals surface area contributed by atoms with Gasteiger partial charge in [-0.2, -0.15) is 0 Å². The summed E-state index contributed by atoms with van der Waals surface area (Å²) >= 11 is 5.94. The van der Waals surface area contributed by atoms with Crippen molar-refractivity contribution in [2.24, 2.45) is 5.92 Å². The summed E-state index contributed by atoms with van der Waals surface area (Å²) in [5, 5.41) is 9.47. The van der Waals surface area contributed by atoms with Crippen LogP contribution in [0.5, 0.6) is 0 Å². The lowest BCUT2D eigenvalue weighted by Crippen LogP contribution is -2.25. The average Bonchev–Trinajstić information content (AvgIpc) is 3.17. The number of carboxylic acids is 1. The molecule has 5 heteroatoms. The smallest absolute Gasteiger partial charge is 0.339 e. The number of carboxylic acid groups (broad SMARTS) is 1. The summed E-state index contributed by atoms with van der Waals surface area (Å²) in [4.78, 5) is 13.1. The number of carbonyl (C=O) groups is 1. The van der Waals surface area contributed by atoms with Gasteiger partial charge in [-0.05, 0) is 30.9 Å². The second-order valence-electron chi connectivity index (χ2n) is 4.88. The topological polar surface area (TPSA) is 49.8 Å². The van der Waals surface area contributed by atoms with Crippen molar-refractivity contribution in [1.82, 2.24) is 0 Å². The van der Waals surface area contributed by atoms with E-state index in [1.165, 1.54) is 12.8 Å². The molecule has 1 aliphatic rings. The second kappa shape index (κ2) is 6.26. The van der Waals surface area contributed by atoms with Crippen LogP contribution in [0.4, 0.5) is 5.69 Å². The van der Waals surface area contributed by atoms with E-state index in [0.29, 0.717) is 18.8 Å². The Morgan fingerprint density at radius 3 is 2.89 bits per heavy atom. The van der Waals surface area contributed by atoms with Crippen molar-refractivity contribution in [1.29, 1.82) is 0 Å². The first-order chi connectivity index (χ1) is 9.09. The molecule has 1 fully saturated rings. The molecule has 1 saturated carbocycles. The maximum atomic E-state index is 11.2. The average molecular weight is 284 g/mol. The Hall–Kier alpha value is -1.26. The van der Waals surface area contributed by atoms with Crippen molar-refractivity contribution in [3.8, 4) is 0 Å². The zero-order valence-electron chi connectivity index (χ0n) is 10.9. The van der Waals surface area contributed by atoms with Crippen LogP contribution < -0.4 is 4.90 Å². The van der Waals surface area contributed by atoms with E-state index >= 15 is 0 Å². The number of hydrogen-bond acceptors (Lipinski definition) is 3. The molecule has 0 saturated heterocycles. The molecule has 0 spiro atoms. The number of hydrogen-bond donors (Lipinski definition) is 1. The molecule has 104 valence electrons. The molecular weight excluding hydrogens is 266 g/mol. The molecule has 1 N–H and O–H groups in total. The second-order valence-corrected chi connectivity index (χ2v) is 5.29. The summed E-state index contributed by atoms with van der Waals surface area (Å²) in [7, 11) is 1.85. The molecule has 0 aromatic heterocycles. The van der Waals surface area contributed by atoms with E-state index in [4.69, 9.17) is 16.3 Å². The van der Waals surface area contributed by atoms with Crippen LogP contribution in [0.25, 0.3) is 0 Å². The zero-order chi connectivity index (χ0) is 13.8. The van der Waals surface area contributed by atoms with Gasteiger partial charge in [0.15, 0.2) is 0 Å². The molecule has 1 aliphatic carbocycles. The van der Waals surface area contributed by atoms with Crippen LogP contribution in [0, 0.1) is 5.92 Å². The molecule has 19 heavy (non-hydrogen) atoms. The number of nitrogens with zero attached hydrogens (tertiary/aromatic N) is 1. The third-order valence-electron chi connectivity index (χ3n) is 3.24. The van der Waals surface area contributed by atoms with Crippen LogP contribution in [0.15, 0.2) is 18.2 Å². The molecule has 0 unspecified atom stereocenters. The Morgan fingerprint density at radius 1 is 1.53 bits per heavy atom. The number of ether oxygens (including phenoxy) is 1. The quantitative estimate of drug-likeness (QED) is 0.782. The van der Waals surface area contributed by atoms with Gasteiger partial charge in [0.05, 0.1) is 17.3 Å². The van der Waals surface area contributed by atoms with Crippen LogP contribution in [0.1, 0.15) is 23.2 Å². The summed E-state index contributed by atoms with van der Waals surface area (Å²) in [5.74, 6) is -0.266. The summed E-state index contributed by atoms with van der Waals surface area (Å²) < 4.78 is 5.56.